The monoisotopic (exact) mass is 343 g/mol. The van der Waals surface area contributed by atoms with Crippen molar-refractivity contribution in [3.05, 3.63) is 50.7 Å². The quantitative estimate of drug-likeness (QED) is 0.639. The van der Waals surface area contributed by atoms with Crippen LogP contribution in [0.15, 0.2) is 30.3 Å². The number of thiazole rings is 1. The van der Waals surface area contributed by atoms with Crippen molar-refractivity contribution >= 4 is 38.9 Å². The van der Waals surface area contributed by atoms with Crippen LogP contribution in [0.25, 0.3) is 10.2 Å². The van der Waals surface area contributed by atoms with Gasteiger partial charge in [0.05, 0.1) is 10.2 Å². The molecule has 0 bridgehead atoms. The van der Waals surface area contributed by atoms with Crippen molar-refractivity contribution in [2.45, 2.75) is 32.8 Å². The third kappa shape index (κ3) is 3.03. The van der Waals surface area contributed by atoms with Crippen molar-refractivity contribution in [3.8, 4) is 0 Å². The highest BCUT2D eigenvalue weighted by Crippen LogP contribution is 2.32. The summed E-state index contributed by atoms with van der Waals surface area (Å²) >= 11 is 3.17. The van der Waals surface area contributed by atoms with Gasteiger partial charge in [-0.05, 0) is 48.9 Å². The number of fused-ring (bicyclic) bond motifs is 2. The molecule has 0 aliphatic heterocycles. The van der Waals surface area contributed by atoms with Crippen LogP contribution in [-0.2, 0) is 24.2 Å². The van der Waals surface area contributed by atoms with E-state index in [2.05, 4.69) is 11.9 Å². The lowest BCUT2D eigenvalue weighted by Gasteiger charge is -2.16. The highest BCUT2D eigenvalue weighted by molar-refractivity contribution is 7.18. The number of para-hydroxylation sites is 1. The average Bonchev–Trinajstić information content (AvgIpc) is 3.15. The van der Waals surface area contributed by atoms with Gasteiger partial charge in [0.1, 0.15) is 16.5 Å². The Morgan fingerprint density at radius 2 is 2.22 bits per heavy atom. The first-order chi connectivity index (χ1) is 11.2. The Bertz CT molecular complexity index is 832. The van der Waals surface area contributed by atoms with Crippen LogP contribution < -0.4 is 0 Å². The molecule has 3 aromatic rings. The minimum Gasteiger partial charge on any atom is -0.454 e. The van der Waals surface area contributed by atoms with Gasteiger partial charge >= 0.3 is 5.97 Å². The van der Waals surface area contributed by atoms with Crippen LogP contribution in [0.4, 0.5) is 0 Å². The molecule has 1 aliphatic rings. The maximum absolute atomic E-state index is 12.3. The van der Waals surface area contributed by atoms with Crippen molar-refractivity contribution in [1.29, 1.82) is 0 Å². The summed E-state index contributed by atoms with van der Waals surface area (Å²) in [7, 11) is 0. The Labute approximate surface area is 142 Å². The van der Waals surface area contributed by atoms with Crippen molar-refractivity contribution in [2.24, 2.45) is 5.92 Å². The molecular formula is C18H17NO2S2. The first kappa shape index (κ1) is 14.8. The van der Waals surface area contributed by atoms with Crippen LogP contribution in [0.3, 0.4) is 0 Å². The fourth-order valence-corrected chi connectivity index (χ4v) is 4.97. The molecular weight excluding hydrogens is 326 g/mol. The average molecular weight is 343 g/mol. The van der Waals surface area contributed by atoms with Crippen LogP contribution in [0.1, 0.15) is 38.5 Å². The Balaban J connectivity index is 1.45. The van der Waals surface area contributed by atoms with E-state index in [1.54, 1.807) is 22.7 Å². The molecule has 0 N–H and O–H groups in total. The smallest absolute Gasteiger partial charge is 0.348 e. The lowest BCUT2D eigenvalue weighted by Crippen LogP contribution is -2.08. The second-order valence-electron chi connectivity index (χ2n) is 6.06. The lowest BCUT2D eigenvalue weighted by atomic mass is 9.90. The van der Waals surface area contributed by atoms with Crippen molar-refractivity contribution in [3.63, 3.8) is 0 Å². The van der Waals surface area contributed by atoms with Gasteiger partial charge in [-0.25, -0.2) is 9.78 Å². The molecule has 0 amide bonds. The Morgan fingerprint density at radius 1 is 1.35 bits per heavy atom. The molecule has 1 atom stereocenters. The van der Waals surface area contributed by atoms with E-state index in [0.29, 0.717) is 5.92 Å². The molecule has 0 unspecified atom stereocenters. The van der Waals surface area contributed by atoms with Crippen LogP contribution in [0.5, 0.6) is 0 Å². The van der Waals surface area contributed by atoms with Gasteiger partial charge in [0.25, 0.3) is 0 Å². The van der Waals surface area contributed by atoms with Crippen LogP contribution >= 0.6 is 22.7 Å². The standard InChI is InChI=1S/C18H17NO2S2/c1-11-6-7-14-12(8-11)9-16(22-14)18(20)21-10-17-19-13-4-2-3-5-15(13)23-17/h2-5,9,11H,6-8,10H2,1H3/t11-/m1/s1. The fourth-order valence-electron chi connectivity index (χ4n) is 2.99. The van der Waals surface area contributed by atoms with Crippen molar-refractivity contribution < 1.29 is 9.53 Å². The largest absolute Gasteiger partial charge is 0.454 e. The minimum absolute atomic E-state index is 0.226. The van der Waals surface area contributed by atoms with Gasteiger partial charge in [-0.1, -0.05) is 19.1 Å². The Hall–Kier alpha value is -1.72. The summed E-state index contributed by atoms with van der Waals surface area (Å²) < 4.78 is 6.59. The molecule has 2 heterocycles. The number of rotatable bonds is 3. The molecule has 1 aromatic carbocycles. The van der Waals surface area contributed by atoms with E-state index in [0.717, 1.165) is 32.9 Å². The summed E-state index contributed by atoms with van der Waals surface area (Å²) in [6.07, 6.45) is 3.39. The predicted molar refractivity (Wildman–Crippen MR) is 94.2 cm³/mol. The van der Waals surface area contributed by atoms with E-state index in [1.165, 1.54) is 16.9 Å². The number of esters is 1. The van der Waals surface area contributed by atoms with Crippen molar-refractivity contribution in [2.75, 3.05) is 0 Å². The number of aromatic nitrogens is 1. The number of carbonyl (C=O) groups is 1. The third-order valence-corrected chi connectivity index (χ3v) is 6.42. The van der Waals surface area contributed by atoms with Crippen LogP contribution in [-0.4, -0.2) is 11.0 Å². The molecule has 3 nitrogen and oxygen atoms in total. The fraction of sp³-hybridized carbons (Fsp3) is 0.333. The van der Waals surface area contributed by atoms with E-state index < -0.39 is 0 Å². The van der Waals surface area contributed by atoms with E-state index in [1.807, 2.05) is 30.3 Å². The number of nitrogens with zero attached hydrogens (tertiary/aromatic N) is 1. The summed E-state index contributed by atoms with van der Waals surface area (Å²) in [5.74, 6) is 0.486. The normalized spacial score (nSPS) is 17.2. The summed E-state index contributed by atoms with van der Waals surface area (Å²) in [6.45, 7) is 2.52. The molecule has 5 heteroatoms. The SMILES string of the molecule is C[C@@H]1CCc2sc(C(=O)OCc3nc4ccccc4s3)cc2C1. The zero-order valence-corrected chi connectivity index (χ0v) is 14.5. The summed E-state index contributed by atoms with van der Waals surface area (Å²) in [4.78, 5) is 18.9. The summed E-state index contributed by atoms with van der Waals surface area (Å²) in [5.41, 5.74) is 2.30. The second-order valence-corrected chi connectivity index (χ2v) is 8.31. The van der Waals surface area contributed by atoms with Gasteiger partial charge in [-0.3, -0.25) is 0 Å². The molecule has 118 valence electrons. The number of benzene rings is 1. The number of carbonyl (C=O) groups excluding carboxylic acids is 1. The zero-order valence-electron chi connectivity index (χ0n) is 12.9. The molecule has 0 spiro atoms. The zero-order chi connectivity index (χ0) is 15.8. The maximum Gasteiger partial charge on any atom is 0.348 e. The molecule has 0 radical (unpaired) electrons. The predicted octanol–water partition coefficient (Wildman–Crippen LogP) is 4.84. The van der Waals surface area contributed by atoms with Gasteiger partial charge in [-0.15, -0.1) is 22.7 Å². The highest BCUT2D eigenvalue weighted by Gasteiger charge is 2.21. The maximum atomic E-state index is 12.3. The number of ether oxygens (including phenoxy) is 1. The topological polar surface area (TPSA) is 39.2 Å². The molecule has 2 aromatic heterocycles. The highest BCUT2D eigenvalue weighted by atomic mass is 32.1. The molecule has 23 heavy (non-hydrogen) atoms. The van der Waals surface area contributed by atoms with Gasteiger partial charge < -0.3 is 4.74 Å². The van der Waals surface area contributed by atoms with E-state index in [-0.39, 0.29) is 12.6 Å². The van der Waals surface area contributed by atoms with Crippen LogP contribution in [0, 0.1) is 5.92 Å². The molecule has 0 fully saturated rings. The number of aryl methyl sites for hydroxylation is 1. The van der Waals surface area contributed by atoms with Gasteiger partial charge in [-0.2, -0.15) is 0 Å². The first-order valence-electron chi connectivity index (χ1n) is 7.82. The Morgan fingerprint density at radius 3 is 3.09 bits per heavy atom. The molecule has 0 saturated heterocycles. The molecule has 0 saturated carbocycles. The van der Waals surface area contributed by atoms with Crippen molar-refractivity contribution in [1.82, 2.24) is 4.98 Å². The lowest BCUT2D eigenvalue weighted by molar-refractivity contribution is 0.0478. The second kappa shape index (κ2) is 6.06. The third-order valence-electron chi connectivity index (χ3n) is 4.20. The number of hydrogen-bond acceptors (Lipinski definition) is 5. The van der Waals surface area contributed by atoms with Gasteiger partial charge in [0.2, 0.25) is 0 Å². The summed E-state index contributed by atoms with van der Waals surface area (Å²) in [6, 6.07) is 10.00. The van der Waals surface area contributed by atoms with E-state index in [4.69, 9.17) is 4.74 Å². The van der Waals surface area contributed by atoms with Crippen LogP contribution in [0.2, 0.25) is 0 Å². The van der Waals surface area contributed by atoms with E-state index in [9.17, 15) is 4.79 Å². The Kier molecular flexibility index (Phi) is 3.91. The van der Waals surface area contributed by atoms with Gasteiger partial charge in [0, 0.05) is 4.88 Å². The minimum atomic E-state index is -0.226. The molecule has 1 aliphatic carbocycles. The first-order valence-corrected chi connectivity index (χ1v) is 9.45. The summed E-state index contributed by atoms with van der Waals surface area (Å²) in [5, 5.41) is 0.842. The van der Waals surface area contributed by atoms with E-state index >= 15 is 0 Å². The molecule has 4 rings (SSSR count). The number of hydrogen-bond donors (Lipinski definition) is 0. The number of thiophene rings is 1. The van der Waals surface area contributed by atoms with Gasteiger partial charge in [0.15, 0.2) is 0 Å².